The number of benzene rings is 2. The number of Topliss-reactive ketones (excluding diaryl/α,β-unsaturated/α-hetero) is 2. The Bertz CT molecular complexity index is 1480. The highest BCUT2D eigenvalue weighted by molar-refractivity contribution is 7.18. The third-order valence-electron chi connectivity index (χ3n) is 6.53. The van der Waals surface area contributed by atoms with Crippen LogP contribution >= 0.6 is 11.3 Å². The van der Waals surface area contributed by atoms with Gasteiger partial charge < -0.3 is 19.3 Å². The Balaban J connectivity index is 1.90. The van der Waals surface area contributed by atoms with Crippen LogP contribution in [0.4, 0.5) is 5.13 Å². The minimum absolute atomic E-state index is 0.0986. The number of aromatic nitrogens is 1. The van der Waals surface area contributed by atoms with Crippen molar-refractivity contribution in [1.29, 1.82) is 0 Å². The minimum Gasteiger partial charge on any atom is -0.507 e. The summed E-state index contributed by atoms with van der Waals surface area (Å²) in [5.74, 6) is -0.645. The second-order valence-corrected chi connectivity index (χ2v) is 10.4. The number of anilines is 1. The van der Waals surface area contributed by atoms with Gasteiger partial charge in [-0.05, 0) is 69.2 Å². The fourth-order valence-electron chi connectivity index (χ4n) is 4.60. The fraction of sp³-hybridized carbons (Fsp3) is 0.355. The number of nitrogens with zero attached hydrogens (tertiary/aromatic N) is 2. The van der Waals surface area contributed by atoms with Gasteiger partial charge in [0.25, 0.3) is 5.78 Å². The molecule has 2 heterocycles. The van der Waals surface area contributed by atoms with Crippen molar-refractivity contribution in [2.75, 3.05) is 24.7 Å². The van der Waals surface area contributed by atoms with Gasteiger partial charge in [0.15, 0.2) is 22.4 Å². The summed E-state index contributed by atoms with van der Waals surface area (Å²) in [4.78, 5) is 45.4. The molecule has 1 fully saturated rings. The number of hydrogen-bond acceptors (Lipinski definition) is 9. The van der Waals surface area contributed by atoms with Gasteiger partial charge in [-0.1, -0.05) is 30.7 Å². The maximum Gasteiger partial charge on any atom is 0.301 e. The van der Waals surface area contributed by atoms with Gasteiger partial charge in [-0.15, -0.1) is 0 Å². The van der Waals surface area contributed by atoms with Crippen LogP contribution in [0.3, 0.4) is 0 Å². The monoisotopic (exact) mass is 578 g/mol. The molecule has 1 atom stereocenters. The molecule has 1 aromatic heterocycles. The van der Waals surface area contributed by atoms with Crippen molar-refractivity contribution in [2.24, 2.45) is 0 Å². The number of carbonyl (C=O) groups is 3. The Morgan fingerprint density at radius 2 is 1.71 bits per heavy atom. The first kappa shape index (κ1) is 29.8. The lowest BCUT2D eigenvalue weighted by atomic mass is 9.95. The van der Waals surface area contributed by atoms with Crippen molar-refractivity contribution in [3.05, 3.63) is 69.7 Å². The molecule has 0 radical (unpaired) electrons. The number of ketones is 2. The number of hydrogen-bond donors (Lipinski definition) is 1. The molecule has 1 N–H and O–H groups in total. The Morgan fingerprint density at radius 1 is 1.00 bits per heavy atom. The second-order valence-electron chi connectivity index (χ2n) is 9.43. The molecule has 3 aromatic rings. The van der Waals surface area contributed by atoms with Crippen LogP contribution in [0.5, 0.6) is 17.2 Å². The molecule has 0 aliphatic carbocycles. The molecule has 1 aliphatic rings. The van der Waals surface area contributed by atoms with Crippen molar-refractivity contribution in [3.63, 3.8) is 0 Å². The second kappa shape index (κ2) is 13.0. The Morgan fingerprint density at radius 3 is 2.32 bits per heavy atom. The number of aliphatic hydroxyl groups excluding tert-OH is 1. The molecule has 41 heavy (non-hydrogen) atoms. The Labute approximate surface area is 243 Å². The van der Waals surface area contributed by atoms with Crippen LogP contribution in [0.2, 0.25) is 0 Å². The zero-order valence-electron chi connectivity index (χ0n) is 23.9. The van der Waals surface area contributed by atoms with E-state index in [9.17, 15) is 19.5 Å². The number of unbranched alkanes of at least 4 members (excludes halogenated alkanes) is 1. The van der Waals surface area contributed by atoms with Gasteiger partial charge >= 0.3 is 5.91 Å². The van der Waals surface area contributed by atoms with Crippen molar-refractivity contribution >= 4 is 39.7 Å². The van der Waals surface area contributed by atoms with Crippen molar-refractivity contribution < 1.29 is 33.7 Å². The highest BCUT2D eigenvalue weighted by Gasteiger charge is 2.48. The predicted octanol–water partition coefficient (Wildman–Crippen LogP) is 6.26. The number of ether oxygens (including phenoxy) is 3. The number of carbonyl (C=O) groups excluding carboxylic acids is 3. The van der Waals surface area contributed by atoms with Crippen LogP contribution in [0.15, 0.2) is 48.0 Å². The molecular weight excluding hydrogens is 544 g/mol. The van der Waals surface area contributed by atoms with Crippen molar-refractivity contribution in [1.82, 2.24) is 4.98 Å². The summed E-state index contributed by atoms with van der Waals surface area (Å²) in [6.45, 7) is 10.2. The molecule has 0 bridgehead atoms. The van der Waals surface area contributed by atoms with E-state index in [1.165, 1.54) is 11.8 Å². The molecule has 10 heteroatoms. The van der Waals surface area contributed by atoms with Gasteiger partial charge in [0.2, 0.25) is 0 Å². The summed E-state index contributed by atoms with van der Waals surface area (Å²) in [5, 5.41) is 11.6. The van der Waals surface area contributed by atoms with Crippen LogP contribution in [-0.2, 0) is 9.59 Å². The van der Waals surface area contributed by atoms with Crippen LogP contribution in [0.1, 0.15) is 73.1 Å². The van der Waals surface area contributed by atoms with E-state index in [-0.39, 0.29) is 22.2 Å². The molecule has 9 nitrogen and oxygen atoms in total. The topological polar surface area (TPSA) is 115 Å². The van der Waals surface area contributed by atoms with Gasteiger partial charge in [0.1, 0.15) is 11.5 Å². The van der Waals surface area contributed by atoms with E-state index in [0.717, 1.165) is 24.2 Å². The normalized spacial score (nSPS) is 16.2. The number of thiazole rings is 1. The molecule has 1 amide bonds. The van der Waals surface area contributed by atoms with Crippen LogP contribution in [0, 0.1) is 6.92 Å². The highest BCUT2D eigenvalue weighted by Crippen LogP contribution is 2.45. The lowest BCUT2D eigenvalue weighted by Gasteiger charge is -2.24. The largest absolute Gasteiger partial charge is 0.507 e. The van der Waals surface area contributed by atoms with E-state index >= 15 is 0 Å². The quantitative estimate of drug-likeness (QED) is 0.0881. The van der Waals surface area contributed by atoms with E-state index in [0.29, 0.717) is 58.8 Å². The summed E-state index contributed by atoms with van der Waals surface area (Å²) in [5.41, 5.74) is 1.22. The summed E-state index contributed by atoms with van der Waals surface area (Å²) in [6, 6.07) is 10.8. The average molecular weight is 579 g/mol. The van der Waals surface area contributed by atoms with Gasteiger partial charge in [-0.25, -0.2) is 4.98 Å². The van der Waals surface area contributed by atoms with Gasteiger partial charge in [-0.2, -0.15) is 0 Å². The third-order valence-corrected chi connectivity index (χ3v) is 7.79. The van der Waals surface area contributed by atoms with Crippen molar-refractivity contribution in [2.45, 2.75) is 53.5 Å². The molecule has 0 spiro atoms. The molecule has 4 rings (SSSR count). The van der Waals surface area contributed by atoms with Crippen LogP contribution < -0.4 is 19.1 Å². The maximum absolute atomic E-state index is 13.6. The molecule has 1 unspecified atom stereocenters. The van der Waals surface area contributed by atoms with E-state index in [2.05, 4.69) is 11.9 Å². The maximum atomic E-state index is 13.6. The van der Waals surface area contributed by atoms with Gasteiger partial charge in [0.05, 0.1) is 42.0 Å². The number of aliphatic hydroxyl groups is 1. The molecule has 216 valence electrons. The molecule has 1 saturated heterocycles. The minimum atomic E-state index is -1.03. The fourth-order valence-corrected chi connectivity index (χ4v) is 5.59. The van der Waals surface area contributed by atoms with Gasteiger partial charge in [0, 0.05) is 12.5 Å². The lowest BCUT2D eigenvalue weighted by molar-refractivity contribution is -0.132. The lowest BCUT2D eigenvalue weighted by Crippen LogP contribution is -2.29. The smallest absolute Gasteiger partial charge is 0.301 e. The van der Waals surface area contributed by atoms with Crippen LogP contribution in [-0.4, -0.2) is 47.4 Å². The summed E-state index contributed by atoms with van der Waals surface area (Å²) in [7, 11) is 0. The molecular formula is C31H34N2O7S. The Hall–Kier alpha value is -4.18. The molecule has 2 aromatic carbocycles. The standard InChI is InChI=1S/C31H34N2O7S/c1-6-9-16-40-23-15-12-21(17-24(23)39-8-3)26-25(27(35)20-10-13-22(14-11-20)38-7-2)28(36)30(37)33(26)31-32-18(4)29(41-31)19(5)34/h10-15,17,26,35H,6-9,16H2,1-5H3/b27-25+. The van der Waals surface area contributed by atoms with E-state index in [1.54, 1.807) is 49.4 Å². The molecule has 1 aliphatic heterocycles. The molecule has 0 saturated carbocycles. The highest BCUT2D eigenvalue weighted by atomic mass is 32.1. The Kier molecular flexibility index (Phi) is 9.44. The van der Waals surface area contributed by atoms with Gasteiger partial charge in [-0.3, -0.25) is 19.3 Å². The van der Waals surface area contributed by atoms with E-state index < -0.39 is 17.7 Å². The average Bonchev–Trinajstić information content (AvgIpc) is 3.46. The third kappa shape index (κ3) is 6.12. The van der Waals surface area contributed by atoms with Crippen LogP contribution in [0.25, 0.3) is 5.76 Å². The SMILES string of the molecule is CCCCOc1ccc(C2/C(=C(\O)c3ccc(OCC)cc3)C(=O)C(=O)N2c2nc(C)c(C(C)=O)s2)cc1OCC. The number of amides is 1. The first-order chi connectivity index (χ1) is 19.7. The van der Waals surface area contributed by atoms with Crippen molar-refractivity contribution in [3.8, 4) is 17.2 Å². The number of aryl methyl sites for hydroxylation is 1. The zero-order chi connectivity index (χ0) is 29.7. The van der Waals surface area contributed by atoms with E-state index in [4.69, 9.17) is 14.2 Å². The van der Waals surface area contributed by atoms with E-state index in [1.807, 2.05) is 13.8 Å². The number of rotatable bonds is 12. The first-order valence-electron chi connectivity index (χ1n) is 13.6. The summed E-state index contributed by atoms with van der Waals surface area (Å²) in [6.07, 6.45) is 1.84. The zero-order valence-corrected chi connectivity index (χ0v) is 24.7. The summed E-state index contributed by atoms with van der Waals surface area (Å²) >= 11 is 1.03. The first-order valence-corrected chi connectivity index (χ1v) is 14.4. The predicted molar refractivity (Wildman–Crippen MR) is 157 cm³/mol. The summed E-state index contributed by atoms with van der Waals surface area (Å²) < 4.78 is 17.3.